The Balaban J connectivity index is 1.88. The van der Waals surface area contributed by atoms with Gasteiger partial charge in [0.25, 0.3) is 0 Å². The molecular formula is C32H26N2O. The van der Waals surface area contributed by atoms with Gasteiger partial charge in [0, 0.05) is 17.2 Å². The largest absolute Gasteiger partial charge is 0.401 e. The second-order valence-corrected chi connectivity index (χ2v) is 9.08. The molecule has 0 saturated heterocycles. The average molecular weight is 455 g/mol. The monoisotopic (exact) mass is 454 g/mol. The van der Waals surface area contributed by atoms with Gasteiger partial charge in [-0.1, -0.05) is 121 Å². The van der Waals surface area contributed by atoms with Crippen molar-refractivity contribution in [3.8, 4) is 6.07 Å². The van der Waals surface area contributed by atoms with Crippen LogP contribution in [0, 0.1) is 24.2 Å². The van der Waals surface area contributed by atoms with E-state index in [0.29, 0.717) is 16.8 Å². The minimum Gasteiger partial charge on any atom is -0.401 e. The summed E-state index contributed by atoms with van der Waals surface area (Å²) in [6, 6.07) is 39.9. The van der Waals surface area contributed by atoms with Gasteiger partial charge in [-0.3, -0.25) is 4.79 Å². The molecule has 0 saturated carbocycles. The normalized spacial score (nSPS) is 18.7. The number of nitrogens with two attached hydrogens (primary N) is 1. The van der Waals surface area contributed by atoms with E-state index in [1.807, 2.05) is 97.9 Å². The van der Waals surface area contributed by atoms with Crippen LogP contribution in [0.25, 0.3) is 0 Å². The van der Waals surface area contributed by atoms with E-state index in [9.17, 15) is 10.1 Å². The molecule has 1 aliphatic rings. The molecule has 0 heterocycles. The fourth-order valence-corrected chi connectivity index (χ4v) is 5.63. The van der Waals surface area contributed by atoms with Crippen LogP contribution in [-0.4, -0.2) is 5.78 Å². The fraction of sp³-hybridized carbons (Fsp3) is 0.125. The van der Waals surface area contributed by atoms with Gasteiger partial charge in [-0.2, -0.15) is 5.26 Å². The molecule has 2 N–H and O–H groups in total. The second kappa shape index (κ2) is 9.08. The first-order valence-corrected chi connectivity index (χ1v) is 11.8. The molecule has 2 atom stereocenters. The van der Waals surface area contributed by atoms with Gasteiger partial charge in [0.2, 0.25) is 0 Å². The Morgan fingerprint density at radius 1 is 0.771 bits per heavy atom. The summed E-state index contributed by atoms with van der Waals surface area (Å²) in [6.07, 6.45) is 0. The van der Waals surface area contributed by atoms with Crippen molar-refractivity contribution in [1.82, 2.24) is 0 Å². The first kappa shape index (κ1) is 22.4. The topological polar surface area (TPSA) is 66.9 Å². The number of carbonyl (C=O) groups excluding carboxylic acids is 1. The Kier molecular flexibility index (Phi) is 5.81. The van der Waals surface area contributed by atoms with E-state index in [2.05, 4.69) is 30.3 Å². The first-order valence-electron chi connectivity index (χ1n) is 11.8. The Bertz CT molecular complexity index is 1380. The van der Waals surface area contributed by atoms with Gasteiger partial charge in [0.15, 0.2) is 5.78 Å². The van der Waals surface area contributed by atoms with Crippen LogP contribution in [0.3, 0.4) is 0 Å². The number of Topliss-reactive ketones (excluding diaryl/α,β-unsaturated/α-hetero) is 1. The Morgan fingerprint density at radius 3 is 1.74 bits per heavy atom. The van der Waals surface area contributed by atoms with E-state index in [0.717, 1.165) is 22.3 Å². The third kappa shape index (κ3) is 3.55. The van der Waals surface area contributed by atoms with E-state index in [1.165, 1.54) is 0 Å². The van der Waals surface area contributed by atoms with Crippen molar-refractivity contribution in [2.45, 2.75) is 18.3 Å². The van der Waals surface area contributed by atoms with Crippen LogP contribution in [0.15, 0.2) is 127 Å². The van der Waals surface area contributed by atoms with Crippen LogP contribution < -0.4 is 5.73 Å². The lowest BCUT2D eigenvalue weighted by Crippen LogP contribution is -2.37. The molecule has 35 heavy (non-hydrogen) atoms. The molecule has 4 aromatic rings. The van der Waals surface area contributed by atoms with E-state index in [1.54, 1.807) is 0 Å². The van der Waals surface area contributed by atoms with Crippen LogP contribution in [0.4, 0.5) is 0 Å². The molecule has 2 unspecified atom stereocenters. The number of allylic oxidation sites excluding steroid dienone is 2. The smallest absolute Gasteiger partial charge is 0.172 e. The third-order valence-electron chi connectivity index (χ3n) is 7.17. The molecular weight excluding hydrogens is 428 g/mol. The molecule has 0 radical (unpaired) electrons. The van der Waals surface area contributed by atoms with Gasteiger partial charge in [-0.25, -0.2) is 0 Å². The van der Waals surface area contributed by atoms with Crippen molar-refractivity contribution in [2.24, 2.45) is 11.7 Å². The van der Waals surface area contributed by atoms with E-state index >= 15 is 0 Å². The summed E-state index contributed by atoms with van der Waals surface area (Å²) in [6.45, 7) is 2.04. The zero-order chi connectivity index (χ0) is 24.4. The highest BCUT2D eigenvalue weighted by molar-refractivity contribution is 6.01. The molecule has 5 rings (SSSR count). The third-order valence-corrected chi connectivity index (χ3v) is 7.17. The number of hydrogen-bond acceptors (Lipinski definition) is 3. The molecule has 0 aromatic heterocycles. The Morgan fingerprint density at radius 2 is 1.26 bits per heavy atom. The highest BCUT2D eigenvalue weighted by Gasteiger charge is 2.58. The quantitative estimate of drug-likeness (QED) is 0.359. The van der Waals surface area contributed by atoms with Gasteiger partial charge < -0.3 is 5.73 Å². The highest BCUT2D eigenvalue weighted by atomic mass is 16.1. The number of carbonyl (C=O) groups is 1. The summed E-state index contributed by atoms with van der Waals surface area (Å²) in [5.74, 6) is -1.15. The number of aryl methyl sites for hydroxylation is 1. The SMILES string of the molecule is Cc1ccc(C2C(C(=O)c3ccccc3)C(N)=C(C#N)C2(c2ccccc2)c2ccccc2)cc1. The maximum absolute atomic E-state index is 14.1. The minimum absolute atomic E-state index is 0.0739. The van der Waals surface area contributed by atoms with Crippen LogP contribution >= 0.6 is 0 Å². The average Bonchev–Trinajstić information content (AvgIpc) is 3.19. The molecule has 3 heteroatoms. The van der Waals surface area contributed by atoms with Gasteiger partial charge in [0.1, 0.15) is 0 Å². The van der Waals surface area contributed by atoms with Crippen molar-refractivity contribution in [3.63, 3.8) is 0 Å². The highest BCUT2D eigenvalue weighted by Crippen LogP contribution is 2.59. The number of nitrogens with zero attached hydrogens (tertiary/aromatic N) is 1. The summed E-state index contributed by atoms with van der Waals surface area (Å²) in [7, 11) is 0. The van der Waals surface area contributed by atoms with E-state index in [-0.39, 0.29) is 5.78 Å². The van der Waals surface area contributed by atoms with Crippen LogP contribution in [0.2, 0.25) is 0 Å². The lowest BCUT2D eigenvalue weighted by atomic mass is 9.60. The molecule has 1 aliphatic carbocycles. The molecule has 0 aliphatic heterocycles. The van der Waals surface area contributed by atoms with Gasteiger partial charge in [-0.05, 0) is 23.6 Å². The summed E-state index contributed by atoms with van der Waals surface area (Å²) in [5.41, 5.74) is 11.3. The maximum atomic E-state index is 14.1. The number of hydrogen-bond donors (Lipinski definition) is 1. The Hall–Kier alpha value is -4.42. The first-order chi connectivity index (χ1) is 17.1. The zero-order valence-corrected chi connectivity index (χ0v) is 19.6. The molecule has 0 fully saturated rings. The fourth-order valence-electron chi connectivity index (χ4n) is 5.63. The molecule has 3 nitrogen and oxygen atoms in total. The number of nitriles is 1. The van der Waals surface area contributed by atoms with Crippen molar-refractivity contribution in [3.05, 3.63) is 154 Å². The Labute approximate surface area is 206 Å². The lowest BCUT2D eigenvalue weighted by Gasteiger charge is -2.39. The summed E-state index contributed by atoms with van der Waals surface area (Å²) >= 11 is 0. The van der Waals surface area contributed by atoms with E-state index in [4.69, 9.17) is 5.73 Å². The summed E-state index contributed by atoms with van der Waals surface area (Å²) < 4.78 is 0. The van der Waals surface area contributed by atoms with Crippen molar-refractivity contribution in [2.75, 3.05) is 0 Å². The van der Waals surface area contributed by atoms with Gasteiger partial charge in [0.05, 0.1) is 23.0 Å². The molecule has 4 aromatic carbocycles. The summed E-state index contributed by atoms with van der Waals surface area (Å²) in [4.78, 5) is 14.1. The number of benzene rings is 4. The number of ketones is 1. The summed E-state index contributed by atoms with van der Waals surface area (Å²) in [5, 5.41) is 10.6. The predicted octanol–water partition coefficient (Wildman–Crippen LogP) is 6.31. The lowest BCUT2D eigenvalue weighted by molar-refractivity contribution is 0.0919. The van der Waals surface area contributed by atoms with Crippen LogP contribution in [-0.2, 0) is 5.41 Å². The molecule has 0 spiro atoms. The minimum atomic E-state index is -0.911. The van der Waals surface area contributed by atoms with Crippen molar-refractivity contribution < 1.29 is 4.79 Å². The van der Waals surface area contributed by atoms with Gasteiger partial charge in [-0.15, -0.1) is 0 Å². The molecule has 0 bridgehead atoms. The molecule has 170 valence electrons. The van der Waals surface area contributed by atoms with Crippen LogP contribution in [0.5, 0.6) is 0 Å². The van der Waals surface area contributed by atoms with Gasteiger partial charge >= 0.3 is 0 Å². The molecule has 0 amide bonds. The zero-order valence-electron chi connectivity index (χ0n) is 19.6. The van der Waals surface area contributed by atoms with E-state index < -0.39 is 17.3 Å². The predicted molar refractivity (Wildman–Crippen MR) is 139 cm³/mol. The van der Waals surface area contributed by atoms with Crippen LogP contribution in [0.1, 0.15) is 38.5 Å². The maximum Gasteiger partial charge on any atom is 0.172 e. The van der Waals surface area contributed by atoms with Crippen molar-refractivity contribution >= 4 is 5.78 Å². The van der Waals surface area contributed by atoms with Crippen molar-refractivity contribution in [1.29, 1.82) is 5.26 Å². The standard InChI is InChI=1S/C32H26N2O/c1-22-17-19-23(20-18-22)29-28(31(35)24-11-5-2-6-12-24)30(34)27(21-33)32(29,25-13-7-3-8-14-25)26-15-9-4-10-16-26/h2-20,28-29H,34H2,1H3. The number of rotatable bonds is 5. The second-order valence-electron chi connectivity index (χ2n) is 9.08.